The number of benzene rings is 1. The summed E-state index contributed by atoms with van der Waals surface area (Å²) in [7, 11) is 0. The number of hydrogen-bond donors (Lipinski definition) is 1. The molecule has 22 heavy (non-hydrogen) atoms. The first-order valence-electron chi connectivity index (χ1n) is 7.57. The third-order valence-corrected chi connectivity index (χ3v) is 4.15. The molecule has 2 rings (SSSR count). The summed E-state index contributed by atoms with van der Waals surface area (Å²) in [6.45, 7) is 6.72. The number of ether oxygens (including phenoxy) is 1. The molecule has 1 aromatic carbocycles. The molecule has 0 spiro atoms. The highest BCUT2D eigenvalue weighted by molar-refractivity contribution is 6.07. The fourth-order valence-corrected chi connectivity index (χ4v) is 3.14. The van der Waals surface area contributed by atoms with Gasteiger partial charge >= 0.3 is 5.97 Å². The van der Waals surface area contributed by atoms with Crippen LogP contribution in [0.3, 0.4) is 0 Å². The summed E-state index contributed by atoms with van der Waals surface area (Å²) in [5.74, 6) is -1.17. The van der Waals surface area contributed by atoms with E-state index in [4.69, 9.17) is 10.5 Å². The van der Waals surface area contributed by atoms with Gasteiger partial charge in [0.05, 0.1) is 0 Å². The molecule has 2 N–H and O–H groups in total. The van der Waals surface area contributed by atoms with Crippen LogP contribution in [-0.2, 0) is 20.9 Å². The van der Waals surface area contributed by atoms with Crippen LogP contribution in [0.4, 0.5) is 0 Å². The van der Waals surface area contributed by atoms with Crippen molar-refractivity contribution in [2.45, 2.75) is 51.3 Å². The largest absolute Gasteiger partial charge is 0.459 e. The highest BCUT2D eigenvalue weighted by atomic mass is 16.5. The molecule has 1 saturated heterocycles. The molecule has 120 valence electrons. The molecular formula is C17H24N2O3. The predicted molar refractivity (Wildman–Crippen MR) is 83.9 cm³/mol. The maximum atomic E-state index is 12.7. The topological polar surface area (TPSA) is 72.6 Å². The Labute approximate surface area is 131 Å². The minimum Gasteiger partial charge on any atom is -0.459 e. The number of esters is 1. The van der Waals surface area contributed by atoms with Crippen LogP contribution in [0.15, 0.2) is 30.3 Å². The standard InChI is InChI=1S/C17H24N2O3/c1-16(2,3)19-11-7-10-17(19,14(18)20)15(21)22-12-13-8-5-4-6-9-13/h4-6,8-9H,7,10-12H2,1-3H3,(H2,18,20)/t17-/m0/s1. The summed E-state index contributed by atoms with van der Waals surface area (Å²) < 4.78 is 5.42. The average molecular weight is 304 g/mol. The van der Waals surface area contributed by atoms with Crippen LogP contribution < -0.4 is 5.73 Å². The summed E-state index contributed by atoms with van der Waals surface area (Å²) in [6.07, 6.45) is 1.16. The van der Waals surface area contributed by atoms with Gasteiger partial charge in [0, 0.05) is 12.1 Å². The predicted octanol–water partition coefficient (Wildman–Crippen LogP) is 1.85. The van der Waals surface area contributed by atoms with Gasteiger partial charge in [-0.15, -0.1) is 0 Å². The third kappa shape index (κ3) is 2.99. The van der Waals surface area contributed by atoms with Crippen molar-refractivity contribution >= 4 is 11.9 Å². The van der Waals surface area contributed by atoms with Crippen LogP contribution in [0, 0.1) is 0 Å². The summed E-state index contributed by atoms with van der Waals surface area (Å²) in [5, 5.41) is 0. The second-order valence-corrected chi connectivity index (χ2v) is 6.71. The molecule has 0 aromatic heterocycles. The highest BCUT2D eigenvalue weighted by Gasteiger charge is 2.57. The average Bonchev–Trinajstić information content (AvgIpc) is 2.92. The molecule has 1 heterocycles. The molecule has 1 aliphatic rings. The first kappa shape index (κ1) is 16.5. The van der Waals surface area contributed by atoms with Crippen LogP contribution in [0.2, 0.25) is 0 Å². The van der Waals surface area contributed by atoms with E-state index in [1.807, 2.05) is 56.0 Å². The highest BCUT2D eigenvalue weighted by Crippen LogP contribution is 2.36. The Kier molecular flexibility index (Phi) is 4.56. The number of carbonyl (C=O) groups excluding carboxylic acids is 2. The molecule has 5 heteroatoms. The van der Waals surface area contributed by atoms with Crippen LogP contribution >= 0.6 is 0 Å². The van der Waals surface area contributed by atoms with Crippen LogP contribution in [0.25, 0.3) is 0 Å². The van der Waals surface area contributed by atoms with E-state index in [9.17, 15) is 9.59 Å². The van der Waals surface area contributed by atoms with Crippen LogP contribution in [-0.4, -0.2) is 34.4 Å². The number of nitrogens with two attached hydrogens (primary N) is 1. The van der Waals surface area contributed by atoms with Crippen molar-refractivity contribution in [3.05, 3.63) is 35.9 Å². The Bertz CT molecular complexity index is 551. The van der Waals surface area contributed by atoms with Crippen molar-refractivity contribution in [2.24, 2.45) is 5.73 Å². The lowest BCUT2D eigenvalue weighted by Crippen LogP contribution is -2.64. The zero-order valence-electron chi connectivity index (χ0n) is 13.5. The molecule has 1 aromatic rings. The molecule has 1 aliphatic heterocycles. The quantitative estimate of drug-likeness (QED) is 0.680. The van der Waals surface area contributed by atoms with Crippen LogP contribution in [0.5, 0.6) is 0 Å². The minimum absolute atomic E-state index is 0.146. The molecule has 0 bridgehead atoms. The maximum absolute atomic E-state index is 12.7. The zero-order valence-corrected chi connectivity index (χ0v) is 13.5. The lowest BCUT2D eigenvalue weighted by molar-refractivity contribution is -0.165. The third-order valence-electron chi connectivity index (χ3n) is 4.15. The Morgan fingerprint density at radius 2 is 1.91 bits per heavy atom. The zero-order chi connectivity index (χ0) is 16.4. The number of amides is 1. The van der Waals surface area contributed by atoms with Gasteiger partial charge < -0.3 is 10.5 Å². The number of hydrogen-bond acceptors (Lipinski definition) is 4. The summed E-state index contributed by atoms with van der Waals surface area (Å²) in [5.41, 5.74) is 4.80. The maximum Gasteiger partial charge on any atom is 0.336 e. The molecule has 1 fully saturated rings. The fourth-order valence-electron chi connectivity index (χ4n) is 3.14. The van der Waals surface area contributed by atoms with Crippen molar-refractivity contribution in [3.8, 4) is 0 Å². The second-order valence-electron chi connectivity index (χ2n) is 6.71. The van der Waals surface area contributed by atoms with Gasteiger partial charge in [0.25, 0.3) is 0 Å². The van der Waals surface area contributed by atoms with Gasteiger partial charge in [0.1, 0.15) is 6.61 Å². The van der Waals surface area contributed by atoms with Crippen molar-refractivity contribution < 1.29 is 14.3 Å². The van der Waals surface area contributed by atoms with E-state index in [2.05, 4.69) is 0 Å². The second kappa shape index (κ2) is 6.08. The Balaban J connectivity index is 2.20. The summed E-state index contributed by atoms with van der Waals surface area (Å²) >= 11 is 0. The van der Waals surface area contributed by atoms with Crippen molar-refractivity contribution in [1.29, 1.82) is 0 Å². The van der Waals surface area contributed by atoms with Gasteiger partial charge in [-0.2, -0.15) is 0 Å². The number of likely N-dealkylation sites (tertiary alicyclic amines) is 1. The van der Waals surface area contributed by atoms with Gasteiger partial charge in [0.15, 0.2) is 5.54 Å². The van der Waals surface area contributed by atoms with Gasteiger partial charge in [-0.25, -0.2) is 4.79 Å². The molecule has 1 amide bonds. The van der Waals surface area contributed by atoms with E-state index in [0.29, 0.717) is 13.0 Å². The van der Waals surface area contributed by atoms with Gasteiger partial charge in [0.2, 0.25) is 5.91 Å². The van der Waals surface area contributed by atoms with Crippen molar-refractivity contribution in [1.82, 2.24) is 4.90 Å². The summed E-state index contributed by atoms with van der Waals surface area (Å²) in [4.78, 5) is 26.7. The molecular weight excluding hydrogens is 280 g/mol. The SMILES string of the molecule is CC(C)(C)N1CCC[C@]1(C(N)=O)C(=O)OCc1ccccc1. The number of carbonyl (C=O) groups is 2. The molecule has 0 aliphatic carbocycles. The van der Waals surface area contributed by atoms with Crippen molar-refractivity contribution in [3.63, 3.8) is 0 Å². The molecule has 0 saturated carbocycles. The number of rotatable bonds is 4. The minimum atomic E-state index is -1.35. The van der Waals surface area contributed by atoms with E-state index in [0.717, 1.165) is 12.0 Å². The van der Waals surface area contributed by atoms with Crippen LogP contribution in [0.1, 0.15) is 39.2 Å². The molecule has 0 unspecified atom stereocenters. The monoisotopic (exact) mass is 304 g/mol. The van der Waals surface area contributed by atoms with Gasteiger partial charge in [-0.1, -0.05) is 30.3 Å². The molecule has 0 radical (unpaired) electrons. The van der Waals surface area contributed by atoms with Crippen molar-refractivity contribution in [2.75, 3.05) is 6.54 Å². The lowest BCUT2D eigenvalue weighted by atomic mass is 9.91. The number of nitrogens with zero attached hydrogens (tertiary/aromatic N) is 1. The van der Waals surface area contributed by atoms with E-state index in [-0.39, 0.29) is 12.1 Å². The van der Waals surface area contributed by atoms with E-state index in [1.54, 1.807) is 0 Å². The molecule has 1 atom stereocenters. The summed E-state index contributed by atoms with van der Waals surface area (Å²) in [6, 6.07) is 9.41. The van der Waals surface area contributed by atoms with Gasteiger partial charge in [-0.05, 0) is 39.2 Å². The lowest BCUT2D eigenvalue weighted by Gasteiger charge is -2.42. The van der Waals surface area contributed by atoms with Gasteiger partial charge in [-0.3, -0.25) is 9.69 Å². The first-order chi connectivity index (χ1) is 10.3. The smallest absolute Gasteiger partial charge is 0.336 e. The van der Waals surface area contributed by atoms with E-state index in [1.165, 1.54) is 0 Å². The number of primary amides is 1. The Morgan fingerprint density at radius 3 is 2.45 bits per heavy atom. The Morgan fingerprint density at radius 1 is 1.27 bits per heavy atom. The molecule has 5 nitrogen and oxygen atoms in total. The Hall–Kier alpha value is -1.88. The van der Waals surface area contributed by atoms with E-state index < -0.39 is 17.4 Å². The van der Waals surface area contributed by atoms with E-state index >= 15 is 0 Å². The normalized spacial score (nSPS) is 22.5. The first-order valence-corrected chi connectivity index (χ1v) is 7.57. The fraction of sp³-hybridized carbons (Fsp3) is 0.529.